The standard InChI is InChI=1S/C22H19N5O3/c1-3-30-20(29)15-12-23-21-25-22-24-16-10-6-7-11-17(16)26(22)18(27(21)19(15)28)14-9-5-4-8-13(14)2/h4-12,18H,3H2,1-2H3,(H,23,24,25). The maximum atomic E-state index is 13.4. The van der Waals surface area contributed by atoms with Crippen LogP contribution in [-0.4, -0.2) is 31.7 Å². The van der Waals surface area contributed by atoms with Crippen molar-refractivity contribution in [1.29, 1.82) is 0 Å². The van der Waals surface area contributed by atoms with Gasteiger partial charge in [0.15, 0.2) is 0 Å². The van der Waals surface area contributed by atoms with Crippen LogP contribution in [0.15, 0.2) is 59.5 Å². The van der Waals surface area contributed by atoms with E-state index < -0.39 is 17.7 Å². The minimum Gasteiger partial charge on any atom is -0.462 e. The second kappa shape index (κ2) is 6.84. The highest BCUT2D eigenvalue weighted by Crippen LogP contribution is 2.36. The first kappa shape index (κ1) is 18.1. The molecule has 4 aromatic rings. The molecule has 0 spiro atoms. The Kier molecular flexibility index (Phi) is 4.13. The fraction of sp³-hybridized carbons (Fsp3) is 0.182. The van der Waals surface area contributed by atoms with Gasteiger partial charge >= 0.3 is 5.97 Å². The van der Waals surface area contributed by atoms with Gasteiger partial charge in [0.25, 0.3) is 5.56 Å². The summed E-state index contributed by atoms with van der Waals surface area (Å²) in [6.07, 6.45) is 0.700. The van der Waals surface area contributed by atoms with Crippen LogP contribution in [0.3, 0.4) is 0 Å². The third-order valence-corrected chi connectivity index (χ3v) is 5.26. The van der Waals surface area contributed by atoms with E-state index in [-0.39, 0.29) is 12.2 Å². The summed E-state index contributed by atoms with van der Waals surface area (Å²) >= 11 is 0. The van der Waals surface area contributed by atoms with Gasteiger partial charge in [-0.3, -0.25) is 19.2 Å². The Morgan fingerprint density at radius 2 is 1.87 bits per heavy atom. The highest BCUT2D eigenvalue weighted by molar-refractivity contribution is 5.89. The molecule has 1 N–H and O–H groups in total. The van der Waals surface area contributed by atoms with E-state index in [1.807, 2.05) is 60.0 Å². The largest absolute Gasteiger partial charge is 0.462 e. The lowest BCUT2D eigenvalue weighted by Gasteiger charge is -2.31. The minimum absolute atomic E-state index is 0.103. The molecule has 0 fully saturated rings. The zero-order valence-corrected chi connectivity index (χ0v) is 16.5. The molecule has 2 aromatic carbocycles. The number of aromatic nitrogens is 4. The fourth-order valence-corrected chi connectivity index (χ4v) is 3.89. The van der Waals surface area contributed by atoms with Crippen molar-refractivity contribution in [1.82, 2.24) is 19.1 Å². The van der Waals surface area contributed by atoms with Crippen LogP contribution in [0, 0.1) is 6.92 Å². The van der Waals surface area contributed by atoms with Gasteiger partial charge in [0, 0.05) is 0 Å². The molecule has 150 valence electrons. The van der Waals surface area contributed by atoms with E-state index in [2.05, 4.69) is 15.3 Å². The van der Waals surface area contributed by atoms with Crippen LogP contribution in [0.4, 0.5) is 11.9 Å². The minimum atomic E-state index is -0.685. The first-order valence-corrected chi connectivity index (χ1v) is 9.68. The molecule has 5 rings (SSSR count). The van der Waals surface area contributed by atoms with Gasteiger partial charge in [-0.1, -0.05) is 36.4 Å². The average molecular weight is 401 g/mol. The summed E-state index contributed by atoms with van der Waals surface area (Å²) in [5.41, 5.74) is 3.01. The van der Waals surface area contributed by atoms with Gasteiger partial charge in [0.1, 0.15) is 11.7 Å². The van der Waals surface area contributed by atoms with Crippen LogP contribution in [0.2, 0.25) is 0 Å². The van der Waals surface area contributed by atoms with E-state index in [1.54, 1.807) is 6.92 Å². The number of nitrogens with one attached hydrogen (secondary N) is 1. The SMILES string of the molecule is CCOC(=O)c1cnc2n(c1=O)C(c1ccccc1C)n1c(nc3ccccc31)N2. The molecule has 2 aromatic heterocycles. The molecule has 0 amide bonds. The van der Waals surface area contributed by atoms with Crippen LogP contribution >= 0.6 is 0 Å². The molecule has 0 saturated heterocycles. The summed E-state index contributed by atoms with van der Waals surface area (Å²) in [5.74, 6) is 0.222. The Labute approximate surface area is 171 Å². The predicted octanol–water partition coefficient (Wildman–Crippen LogP) is 3.23. The zero-order chi connectivity index (χ0) is 20.8. The number of nitrogens with zero attached hydrogens (tertiary/aromatic N) is 4. The third-order valence-electron chi connectivity index (χ3n) is 5.26. The van der Waals surface area contributed by atoms with E-state index in [9.17, 15) is 9.59 Å². The van der Waals surface area contributed by atoms with Gasteiger partial charge in [-0.25, -0.2) is 14.8 Å². The number of para-hydroxylation sites is 2. The van der Waals surface area contributed by atoms with Crippen LogP contribution in [0.5, 0.6) is 0 Å². The topological polar surface area (TPSA) is 91.0 Å². The van der Waals surface area contributed by atoms with Gasteiger partial charge in [0.2, 0.25) is 11.9 Å². The molecule has 0 saturated carbocycles. The Balaban J connectivity index is 1.84. The van der Waals surface area contributed by atoms with E-state index in [4.69, 9.17) is 4.74 Å². The van der Waals surface area contributed by atoms with Crippen LogP contribution in [0.1, 0.15) is 34.6 Å². The van der Waals surface area contributed by atoms with Gasteiger partial charge < -0.3 is 4.74 Å². The molecular formula is C22H19N5O3. The number of ether oxygens (including phenoxy) is 1. The number of anilines is 2. The maximum Gasteiger partial charge on any atom is 0.345 e. The molecule has 1 aliphatic heterocycles. The molecular weight excluding hydrogens is 382 g/mol. The molecule has 8 nitrogen and oxygen atoms in total. The zero-order valence-electron chi connectivity index (χ0n) is 16.5. The van der Waals surface area contributed by atoms with Crippen molar-refractivity contribution in [3.05, 3.63) is 81.8 Å². The molecule has 8 heteroatoms. The number of esters is 1. The van der Waals surface area contributed by atoms with Crippen molar-refractivity contribution < 1.29 is 9.53 Å². The van der Waals surface area contributed by atoms with E-state index in [1.165, 1.54) is 10.8 Å². The lowest BCUT2D eigenvalue weighted by Crippen LogP contribution is -2.39. The van der Waals surface area contributed by atoms with Crippen LogP contribution in [0.25, 0.3) is 11.0 Å². The Bertz CT molecular complexity index is 1350. The predicted molar refractivity (Wildman–Crippen MR) is 112 cm³/mol. The first-order chi connectivity index (χ1) is 14.6. The summed E-state index contributed by atoms with van der Waals surface area (Å²) in [6, 6.07) is 15.6. The van der Waals surface area contributed by atoms with Crippen molar-refractivity contribution in [2.75, 3.05) is 11.9 Å². The molecule has 3 heterocycles. The number of benzene rings is 2. The second-order valence-corrected chi connectivity index (χ2v) is 7.04. The molecule has 0 aliphatic carbocycles. The highest BCUT2D eigenvalue weighted by atomic mass is 16.5. The van der Waals surface area contributed by atoms with E-state index in [0.29, 0.717) is 11.9 Å². The monoisotopic (exact) mass is 401 g/mol. The van der Waals surface area contributed by atoms with Crippen molar-refractivity contribution >= 4 is 28.9 Å². The summed E-state index contributed by atoms with van der Waals surface area (Å²) in [7, 11) is 0. The second-order valence-electron chi connectivity index (χ2n) is 7.04. The van der Waals surface area contributed by atoms with Gasteiger partial charge in [-0.05, 0) is 37.1 Å². The maximum absolute atomic E-state index is 13.4. The first-order valence-electron chi connectivity index (χ1n) is 9.68. The van der Waals surface area contributed by atoms with E-state index in [0.717, 1.165) is 22.2 Å². The number of rotatable bonds is 3. The number of hydrogen-bond acceptors (Lipinski definition) is 6. The molecule has 30 heavy (non-hydrogen) atoms. The van der Waals surface area contributed by atoms with Crippen LogP contribution < -0.4 is 10.9 Å². The normalized spacial score (nSPS) is 14.7. The number of imidazole rings is 1. The number of aryl methyl sites for hydroxylation is 1. The van der Waals surface area contributed by atoms with Gasteiger partial charge in [-0.2, -0.15) is 0 Å². The summed E-state index contributed by atoms with van der Waals surface area (Å²) in [5, 5.41) is 3.14. The molecule has 1 aliphatic rings. The van der Waals surface area contributed by atoms with Crippen LogP contribution in [-0.2, 0) is 4.74 Å². The summed E-state index contributed by atoms with van der Waals surface area (Å²) in [6.45, 7) is 3.86. The lowest BCUT2D eigenvalue weighted by atomic mass is 10.0. The smallest absolute Gasteiger partial charge is 0.345 e. The highest BCUT2D eigenvalue weighted by Gasteiger charge is 2.33. The lowest BCUT2D eigenvalue weighted by molar-refractivity contribution is 0.0522. The van der Waals surface area contributed by atoms with Crippen molar-refractivity contribution in [2.45, 2.75) is 20.0 Å². The Hall–Kier alpha value is -3.94. The van der Waals surface area contributed by atoms with Gasteiger partial charge in [0.05, 0.1) is 23.8 Å². The van der Waals surface area contributed by atoms with Crippen molar-refractivity contribution in [3.8, 4) is 0 Å². The molecule has 0 bridgehead atoms. The summed E-state index contributed by atoms with van der Waals surface area (Å²) < 4.78 is 8.51. The Morgan fingerprint density at radius 1 is 1.10 bits per heavy atom. The Morgan fingerprint density at radius 3 is 2.67 bits per heavy atom. The van der Waals surface area contributed by atoms with E-state index >= 15 is 0 Å². The van der Waals surface area contributed by atoms with Crippen molar-refractivity contribution in [3.63, 3.8) is 0 Å². The number of carbonyl (C=O) groups excluding carboxylic acids is 1. The molecule has 1 unspecified atom stereocenters. The fourth-order valence-electron chi connectivity index (χ4n) is 3.89. The third kappa shape index (κ3) is 2.61. The number of fused-ring (bicyclic) bond motifs is 4. The quantitative estimate of drug-likeness (QED) is 0.467. The van der Waals surface area contributed by atoms with Crippen molar-refractivity contribution in [2.24, 2.45) is 0 Å². The number of hydrogen-bond donors (Lipinski definition) is 1. The van der Waals surface area contributed by atoms with Gasteiger partial charge in [-0.15, -0.1) is 0 Å². The average Bonchev–Trinajstić information content (AvgIpc) is 3.11. The molecule has 0 radical (unpaired) electrons. The summed E-state index contributed by atoms with van der Waals surface area (Å²) in [4.78, 5) is 34.8. The molecule has 1 atom stereocenters. The number of carbonyl (C=O) groups is 1.